The Kier molecular flexibility index (Phi) is 4.62. The van der Waals surface area contributed by atoms with Crippen molar-refractivity contribution < 1.29 is 19.2 Å². The molecule has 3 rings (SSSR count). The van der Waals surface area contributed by atoms with E-state index < -0.39 is 10.9 Å². The van der Waals surface area contributed by atoms with Crippen molar-refractivity contribution in [3.63, 3.8) is 0 Å². The number of nitro benzene ring substituents is 1. The minimum Gasteiger partial charge on any atom is -0.496 e. The number of carbonyl (C=O) groups is 1. The molecule has 0 amide bonds. The minimum absolute atomic E-state index is 0.0359. The van der Waals surface area contributed by atoms with Crippen molar-refractivity contribution in [2.24, 2.45) is 4.99 Å². The molecule has 0 N–H and O–H groups in total. The Labute approximate surface area is 150 Å². The third-order valence-corrected chi connectivity index (χ3v) is 3.90. The maximum Gasteiger partial charge on any atom is 0.363 e. The minimum atomic E-state index is -0.636. The molecule has 8 heteroatoms. The van der Waals surface area contributed by atoms with Gasteiger partial charge in [0.1, 0.15) is 5.75 Å². The van der Waals surface area contributed by atoms with E-state index >= 15 is 0 Å². The predicted molar refractivity (Wildman–Crippen MR) is 94.4 cm³/mol. The standard InChI is InChI=1S/C17H11BrN2O5/c1-24-15-6-5-13(20(22)23)8-11(15)9-14-17(21)25-16(19-14)10-3-2-4-12(18)7-10/h2-9H,1H3/b14-9-. The summed E-state index contributed by atoms with van der Waals surface area (Å²) in [4.78, 5) is 26.7. The second-order valence-electron chi connectivity index (χ2n) is 5.03. The molecule has 0 saturated heterocycles. The molecule has 0 unspecified atom stereocenters. The molecule has 25 heavy (non-hydrogen) atoms. The summed E-state index contributed by atoms with van der Waals surface area (Å²) < 4.78 is 11.2. The summed E-state index contributed by atoms with van der Waals surface area (Å²) in [6.07, 6.45) is 1.40. The lowest BCUT2D eigenvalue weighted by Gasteiger charge is -2.04. The third-order valence-electron chi connectivity index (χ3n) is 3.41. The molecular formula is C17H11BrN2O5. The normalized spacial score (nSPS) is 15.0. The highest BCUT2D eigenvalue weighted by Gasteiger charge is 2.25. The van der Waals surface area contributed by atoms with Crippen molar-refractivity contribution in [3.8, 4) is 5.75 Å². The van der Waals surface area contributed by atoms with E-state index in [9.17, 15) is 14.9 Å². The first-order chi connectivity index (χ1) is 12.0. The molecule has 0 aliphatic carbocycles. The molecule has 0 aromatic heterocycles. The third kappa shape index (κ3) is 3.58. The van der Waals surface area contributed by atoms with Gasteiger partial charge in [-0.15, -0.1) is 0 Å². The quantitative estimate of drug-likeness (QED) is 0.336. The van der Waals surface area contributed by atoms with Crippen LogP contribution in [0.5, 0.6) is 5.75 Å². The van der Waals surface area contributed by atoms with Gasteiger partial charge in [0.15, 0.2) is 5.70 Å². The van der Waals surface area contributed by atoms with Crippen LogP contribution in [0.1, 0.15) is 11.1 Å². The maximum absolute atomic E-state index is 12.1. The van der Waals surface area contributed by atoms with E-state index in [1.807, 2.05) is 6.07 Å². The van der Waals surface area contributed by atoms with Crippen LogP contribution in [-0.4, -0.2) is 23.9 Å². The van der Waals surface area contributed by atoms with Gasteiger partial charge in [0.2, 0.25) is 5.90 Å². The molecule has 0 saturated carbocycles. The fraction of sp³-hybridized carbons (Fsp3) is 0.0588. The van der Waals surface area contributed by atoms with Crippen molar-refractivity contribution in [2.45, 2.75) is 0 Å². The van der Waals surface area contributed by atoms with Crippen molar-refractivity contribution in [2.75, 3.05) is 7.11 Å². The number of rotatable bonds is 4. The predicted octanol–water partition coefficient (Wildman–Crippen LogP) is 3.71. The van der Waals surface area contributed by atoms with Crippen LogP contribution in [0.25, 0.3) is 6.08 Å². The van der Waals surface area contributed by atoms with Gasteiger partial charge < -0.3 is 9.47 Å². The Morgan fingerprint density at radius 3 is 2.76 bits per heavy atom. The van der Waals surface area contributed by atoms with Crippen LogP contribution >= 0.6 is 15.9 Å². The van der Waals surface area contributed by atoms with E-state index in [1.165, 1.54) is 31.4 Å². The Morgan fingerprint density at radius 2 is 2.08 bits per heavy atom. The van der Waals surface area contributed by atoms with Gasteiger partial charge in [0, 0.05) is 27.7 Å². The summed E-state index contributed by atoms with van der Waals surface area (Å²) in [5.41, 5.74) is 0.920. The summed E-state index contributed by atoms with van der Waals surface area (Å²) >= 11 is 3.34. The average Bonchev–Trinajstić information content (AvgIpc) is 2.95. The van der Waals surface area contributed by atoms with E-state index in [4.69, 9.17) is 9.47 Å². The zero-order chi connectivity index (χ0) is 18.0. The molecule has 7 nitrogen and oxygen atoms in total. The summed E-state index contributed by atoms with van der Waals surface area (Å²) in [6, 6.07) is 11.3. The number of nitro groups is 1. The van der Waals surface area contributed by atoms with E-state index in [1.54, 1.807) is 18.2 Å². The number of carbonyl (C=O) groups excluding carboxylic acids is 1. The monoisotopic (exact) mass is 402 g/mol. The first-order valence-electron chi connectivity index (χ1n) is 7.09. The number of benzene rings is 2. The zero-order valence-corrected chi connectivity index (χ0v) is 14.5. The highest BCUT2D eigenvalue weighted by atomic mass is 79.9. The molecule has 2 aromatic rings. The van der Waals surface area contributed by atoms with Crippen LogP contribution in [0.3, 0.4) is 0 Å². The number of methoxy groups -OCH3 is 1. The number of nitrogens with zero attached hydrogens (tertiary/aromatic N) is 2. The number of non-ortho nitro benzene ring substituents is 1. The van der Waals surface area contributed by atoms with Crippen LogP contribution in [-0.2, 0) is 9.53 Å². The van der Waals surface area contributed by atoms with Crippen molar-refractivity contribution in [3.05, 3.63) is 73.9 Å². The molecule has 126 valence electrons. The van der Waals surface area contributed by atoms with Gasteiger partial charge in [-0.25, -0.2) is 9.79 Å². The summed E-state index contributed by atoms with van der Waals surface area (Å²) in [5, 5.41) is 10.9. The maximum atomic E-state index is 12.1. The highest BCUT2D eigenvalue weighted by molar-refractivity contribution is 9.10. The zero-order valence-electron chi connectivity index (χ0n) is 12.9. The SMILES string of the molecule is COc1ccc([N+](=O)[O-])cc1/C=C1\N=C(c2cccc(Br)c2)OC1=O. The van der Waals surface area contributed by atoms with Crippen LogP contribution in [0, 0.1) is 10.1 Å². The van der Waals surface area contributed by atoms with Gasteiger partial charge in [-0.1, -0.05) is 22.0 Å². The van der Waals surface area contributed by atoms with E-state index in [0.717, 1.165) is 4.47 Å². The first-order valence-corrected chi connectivity index (χ1v) is 7.88. The molecule has 1 aliphatic rings. The second-order valence-corrected chi connectivity index (χ2v) is 5.95. The van der Waals surface area contributed by atoms with Crippen LogP contribution < -0.4 is 4.74 Å². The number of ether oxygens (including phenoxy) is 2. The Balaban J connectivity index is 2.02. The van der Waals surface area contributed by atoms with Gasteiger partial charge in [-0.3, -0.25) is 10.1 Å². The molecule has 1 heterocycles. The number of halogens is 1. The average molecular weight is 403 g/mol. The van der Waals surface area contributed by atoms with Crippen LogP contribution in [0.15, 0.2) is 57.6 Å². The van der Waals surface area contributed by atoms with Crippen LogP contribution in [0.4, 0.5) is 5.69 Å². The van der Waals surface area contributed by atoms with Gasteiger partial charge in [-0.2, -0.15) is 0 Å². The van der Waals surface area contributed by atoms with Crippen molar-refractivity contribution in [1.29, 1.82) is 0 Å². The number of aliphatic imine (C=N–C) groups is 1. The fourth-order valence-corrected chi connectivity index (χ4v) is 2.65. The van der Waals surface area contributed by atoms with Gasteiger partial charge in [-0.05, 0) is 30.3 Å². The Bertz CT molecular complexity index is 936. The number of hydrogen-bond acceptors (Lipinski definition) is 6. The van der Waals surface area contributed by atoms with E-state index in [0.29, 0.717) is 16.9 Å². The Hall–Kier alpha value is -3.00. The molecule has 0 spiro atoms. The summed E-state index contributed by atoms with van der Waals surface area (Å²) in [7, 11) is 1.44. The lowest BCUT2D eigenvalue weighted by molar-refractivity contribution is -0.384. The van der Waals surface area contributed by atoms with E-state index in [2.05, 4.69) is 20.9 Å². The number of cyclic esters (lactones) is 1. The molecular weight excluding hydrogens is 392 g/mol. The first kappa shape index (κ1) is 16.8. The molecule has 0 radical (unpaired) electrons. The topological polar surface area (TPSA) is 91.0 Å². The lowest BCUT2D eigenvalue weighted by Crippen LogP contribution is -2.05. The molecule has 0 fully saturated rings. The van der Waals surface area contributed by atoms with Gasteiger partial charge in [0.05, 0.1) is 12.0 Å². The Morgan fingerprint density at radius 1 is 1.28 bits per heavy atom. The molecule has 0 atom stereocenters. The second kappa shape index (κ2) is 6.86. The summed E-state index contributed by atoms with van der Waals surface area (Å²) in [6.45, 7) is 0. The fourth-order valence-electron chi connectivity index (χ4n) is 2.25. The largest absolute Gasteiger partial charge is 0.496 e. The van der Waals surface area contributed by atoms with Crippen LogP contribution in [0.2, 0.25) is 0 Å². The number of esters is 1. The molecule has 0 bridgehead atoms. The van der Waals surface area contributed by atoms with Gasteiger partial charge >= 0.3 is 5.97 Å². The smallest absolute Gasteiger partial charge is 0.363 e. The van der Waals surface area contributed by atoms with E-state index in [-0.39, 0.29) is 17.3 Å². The van der Waals surface area contributed by atoms with Crippen molar-refractivity contribution >= 4 is 39.6 Å². The lowest BCUT2D eigenvalue weighted by atomic mass is 10.1. The number of hydrogen-bond donors (Lipinski definition) is 0. The van der Waals surface area contributed by atoms with Gasteiger partial charge in [0.25, 0.3) is 5.69 Å². The summed E-state index contributed by atoms with van der Waals surface area (Å²) in [5.74, 6) is -0.0810. The molecule has 2 aromatic carbocycles. The molecule has 1 aliphatic heterocycles. The highest BCUT2D eigenvalue weighted by Crippen LogP contribution is 2.28. The van der Waals surface area contributed by atoms with Crippen molar-refractivity contribution in [1.82, 2.24) is 0 Å².